The molecule has 84 valence electrons. The summed E-state index contributed by atoms with van der Waals surface area (Å²) < 4.78 is 5.55. The lowest BCUT2D eigenvalue weighted by molar-refractivity contribution is 0.319. The van der Waals surface area contributed by atoms with E-state index in [4.69, 9.17) is 4.74 Å². The Balaban J connectivity index is 1.87. The normalized spacial score (nSPS) is 18.6. The topological polar surface area (TPSA) is 47.4 Å². The maximum atomic E-state index is 5.55. The van der Waals surface area contributed by atoms with Crippen molar-refractivity contribution in [2.45, 2.75) is 6.04 Å². The third-order valence-electron chi connectivity index (χ3n) is 2.62. The van der Waals surface area contributed by atoms with E-state index in [1.807, 2.05) is 18.2 Å². The van der Waals surface area contributed by atoms with Gasteiger partial charge in [0.25, 0.3) is 0 Å². The number of rotatable bonds is 2. The van der Waals surface area contributed by atoms with Crippen LogP contribution in [0.1, 0.15) is 17.3 Å². The highest BCUT2D eigenvalue weighted by molar-refractivity contribution is 5.92. The van der Waals surface area contributed by atoms with Crippen molar-refractivity contribution in [1.29, 1.82) is 0 Å². The smallest absolute Gasteiger partial charge is 0.237 e. The Hall–Kier alpha value is -2.23. The van der Waals surface area contributed by atoms with Crippen LogP contribution in [0.3, 0.4) is 0 Å². The average molecular weight is 225 g/mol. The molecule has 4 nitrogen and oxygen atoms in total. The van der Waals surface area contributed by atoms with Gasteiger partial charge in [0, 0.05) is 12.4 Å². The predicted molar refractivity (Wildman–Crippen MR) is 63.7 cm³/mol. The maximum Gasteiger partial charge on any atom is 0.237 e. The van der Waals surface area contributed by atoms with Crippen molar-refractivity contribution in [2.24, 2.45) is 4.99 Å². The highest BCUT2D eigenvalue weighted by atomic mass is 16.5. The lowest BCUT2D eigenvalue weighted by atomic mass is 10.1. The third kappa shape index (κ3) is 2.01. The Morgan fingerprint density at radius 2 is 2.00 bits per heavy atom. The van der Waals surface area contributed by atoms with Crippen molar-refractivity contribution in [3.63, 3.8) is 0 Å². The van der Waals surface area contributed by atoms with Gasteiger partial charge in [0.05, 0.1) is 6.20 Å². The first-order valence-corrected chi connectivity index (χ1v) is 5.45. The summed E-state index contributed by atoms with van der Waals surface area (Å²) in [4.78, 5) is 12.7. The number of nitrogens with zero attached hydrogens (tertiary/aromatic N) is 3. The summed E-state index contributed by atoms with van der Waals surface area (Å²) in [6, 6.07) is 10.2. The van der Waals surface area contributed by atoms with Crippen LogP contribution in [-0.4, -0.2) is 22.5 Å². The zero-order valence-corrected chi connectivity index (χ0v) is 9.15. The second-order valence-electron chi connectivity index (χ2n) is 3.76. The van der Waals surface area contributed by atoms with Gasteiger partial charge in [-0.3, -0.25) is 4.98 Å². The summed E-state index contributed by atoms with van der Waals surface area (Å²) in [7, 11) is 0. The quantitative estimate of drug-likeness (QED) is 0.785. The Morgan fingerprint density at radius 1 is 1.12 bits per heavy atom. The SMILES string of the molecule is c1ccc(C2COC(c3cnccn3)=N2)cc1. The second kappa shape index (κ2) is 4.33. The summed E-state index contributed by atoms with van der Waals surface area (Å²) >= 11 is 0. The molecule has 1 atom stereocenters. The molecule has 0 saturated heterocycles. The summed E-state index contributed by atoms with van der Waals surface area (Å²) in [5, 5.41) is 0. The highest BCUT2D eigenvalue weighted by Gasteiger charge is 2.22. The zero-order chi connectivity index (χ0) is 11.5. The molecule has 0 saturated carbocycles. The van der Waals surface area contributed by atoms with Gasteiger partial charge in [0.1, 0.15) is 18.3 Å². The molecule has 17 heavy (non-hydrogen) atoms. The predicted octanol–water partition coefficient (Wildman–Crippen LogP) is 1.99. The number of hydrogen-bond acceptors (Lipinski definition) is 4. The summed E-state index contributed by atoms with van der Waals surface area (Å²) in [6.45, 7) is 0.565. The summed E-state index contributed by atoms with van der Waals surface area (Å²) in [5.41, 5.74) is 1.84. The van der Waals surface area contributed by atoms with E-state index in [2.05, 4.69) is 27.1 Å². The fraction of sp³-hybridized carbons (Fsp3) is 0.154. The van der Waals surface area contributed by atoms with E-state index in [1.165, 1.54) is 0 Å². The lowest BCUT2D eigenvalue weighted by Gasteiger charge is -2.03. The van der Waals surface area contributed by atoms with Crippen molar-refractivity contribution in [3.8, 4) is 0 Å². The molecule has 0 bridgehead atoms. The number of aliphatic imine (C=N–C) groups is 1. The van der Waals surface area contributed by atoms with Crippen molar-refractivity contribution < 1.29 is 4.74 Å². The van der Waals surface area contributed by atoms with Crippen LogP contribution in [0.15, 0.2) is 53.9 Å². The Kier molecular flexibility index (Phi) is 2.54. The molecule has 4 heteroatoms. The largest absolute Gasteiger partial charge is 0.474 e. The fourth-order valence-electron chi connectivity index (χ4n) is 1.77. The van der Waals surface area contributed by atoms with E-state index < -0.39 is 0 Å². The number of ether oxygens (including phenoxy) is 1. The zero-order valence-electron chi connectivity index (χ0n) is 9.15. The van der Waals surface area contributed by atoms with Gasteiger partial charge < -0.3 is 4.74 Å². The van der Waals surface area contributed by atoms with E-state index in [-0.39, 0.29) is 6.04 Å². The van der Waals surface area contributed by atoms with Gasteiger partial charge in [0.2, 0.25) is 5.90 Å². The molecule has 1 aromatic heterocycles. The van der Waals surface area contributed by atoms with Gasteiger partial charge in [0.15, 0.2) is 0 Å². The van der Waals surface area contributed by atoms with Crippen LogP contribution in [0.4, 0.5) is 0 Å². The summed E-state index contributed by atoms with van der Waals surface area (Å²) in [6.07, 6.45) is 4.93. The Morgan fingerprint density at radius 3 is 2.76 bits per heavy atom. The molecule has 0 spiro atoms. The van der Waals surface area contributed by atoms with Gasteiger partial charge in [-0.1, -0.05) is 30.3 Å². The van der Waals surface area contributed by atoms with Crippen molar-refractivity contribution in [3.05, 3.63) is 60.2 Å². The van der Waals surface area contributed by atoms with E-state index in [0.717, 1.165) is 5.56 Å². The molecule has 1 aliphatic heterocycles. The maximum absolute atomic E-state index is 5.55. The minimum atomic E-state index is 0.0632. The van der Waals surface area contributed by atoms with Crippen LogP contribution >= 0.6 is 0 Å². The minimum Gasteiger partial charge on any atom is -0.474 e. The third-order valence-corrected chi connectivity index (χ3v) is 2.62. The molecule has 2 heterocycles. The average Bonchev–Trinajstić information content (AvgIpc) is 2.90. The fourth-order valence-corrected chi connectivity index (χ4v) is 1.77. The molecule has 3 rings (SSSR count). The monoisotopic (exact) mass is 225 g/mol. The molecule has 2 aromatic rings. The van der Waals surface area contributed by atoms with E-state index >= 15 is 0 Å². The van der Waals surface area contributed by atoms with Gasteiger partial charge in [-0.05, 0) is 5.56 Å². The standard InChI is InChI=1S/C13H11N3O/c1-2-4-10(5-3-1)12-9-17-13(16-12)11-8-14-6-7-15-11/h1-8,12H,9H2. The number of aromatic nitrogens is 2. The van der Waals surface area contributed by atoms with E-state index in [9.17, 15) is 0 Å². The molecule has 0 aliphatic carbocycles. The first-order chi connectivity index (χ1) is 8.43. The van der Waals surface area contributed by atoms with Crippen LogP contribution in [0.25, 0.3) is 0 Å². The molecule has 0 amide bonds. The molecule has 0 N–H and O–H groups in total. The molecule has 0 radical (unpaired) electrons. The minimum absolute atomic E-state index is 0.0632. The lowest BCUT2D eigenvalue weighted by Crippen LogP contribution is -2.03. The molecular formula is C13H11N3O. The number of benzene rings is 1. The van der Waals surface area contributed by atoms with Crippen LogP contribution in [0, 0.1) is 0 Å². The highest BCUT2D eigenvalue weighted by Crippen LogP contribution is 2.23. The number of hydrogen-bond donors (Lipinski definition) is 0. The van der Waals surface area contributed by atoms with Crippen LogP contribution in [-0.2, 0) is 4.74 Å². The molecular weight excluding hydrogens is 214 g/mol. The molecule has 0 fully saturated rings. The van der Waals surface area contributed by atoms with Crippen LogP contribution in [0.5, 0.6) is 0 Å². The van der Waals surface area contributed by atoms with Crippen molar-refractivity contribution in [1.82, 2.24) is 9.97 Å². The van der Waals surface area contributed by atoms with E-state index in [0.29, 0.717) is 18.2 Å². The van der Waals surface area contributed by atoms with Crippen LogP contribution in [0.2, 0.25) is 0 Å². The molecule has 1 aromatic carbocycles. The summed E-state index contributed by atoms with van der Waals surface area (Å²) in [5.74, 6) is 0.576. The first-order valence-electron chi connectivity index (χ1n) is 5.45. The van der Waals surface area contributed by atoms with Crippen molar-refractivity contribution in [2.75, 3.05) is 6.61 Å². The Labute approximate surface area is 99.0 Å². The van der Waals surface area contributed by atoms with E-state index in [1.54, 1.807) is 18.6 Å². The van der Waals surface area contributed by atoms with Gasteiger partial charge in [-0.15, -0.1) is 0 Å². The van der Waals surface area contributed by atoms with Gasteiger partial charge in [-0.2, -0.15) is 0 Å². The first kappa shape index (κ1) is 9.96. The molecule has 1 unspecified atom stereocenters. The van der Waals surface area contributed by atoms with Crippen molar-refractivity contribution >= 4 is 5.90 Å². The van der Waals surface area contributed by atoms with Gasteiger partial charge >= 0.3 is 0 Å². The Bertz CT molecular complexity index is 525. The van der Waals surface area contributed by atoms with Crippen LogP contribution < -0.4 is 0 Å². The second-order valence-corrected chi connectivity index (χ2v) is 3.76. The molecule has 1 aliphatic rings. The van der Waals surface area contributed by atoms with Gasteiger partial charge in [-0.25, -0.2) is 9.98 Å².